The van der Waals surface area contributed by atoms with Crippen LogP contribution >= 0.6 is 19.8 Å². The summed E-state index contributed by atoms with van der Waals surface area (Å²) in [5.41, 5.74) is 8.31. The van der Waals surface area contributed by atoms with Crippen molar-refractivity contribution in [3.8, 4) is 17.0 Å². The van der Waals surface area contributed by atoms with E-state index in [1.807, 2.05) is 12.4 Å². The number of carbonyl (C=O) groups is 2. The molecular formula is C42H45IN8O3. The van der Waals surface area contributed by atoms with Gasteiger partial charge in [0.1, 0.15) is 12.3 Å². The molecule has 278 valence electrons. The van der Waals surface area contributed by atoms with Crippen molar-refractivity contribution >= 4 is 65.5 Å². The maximum absolute atomic E-state index is 12.3. The number of piperidine rings is 1. The number of aromatic nitrogens is 3. The molecule has 2 amide bonds. The van der Waals surface area contributed by atoms with Gasteiger partial charge in [0, 0.05) is 13.0 Å². The summed E-state index contributed by atoms with van der Waals surface area (Å²) in [6.45, 7) is 7.72. The van der Waals surface area contributed by atoms with Gasteiger partial charge in [-0.25, -0.2) is 4.98 Å². The molecule has 0 saturated carbocycles. The summed E-state index contributed by atoms with van der Waals surface area (Å²) in [5, 5.41) is 10.3. The van der Waals surface area contributed by atoms with Crippen molar-refractivity contribution in [2.24, 2.45) is 0 Å². The monoisotopic (exact) mass is 836 g/mol. The Labute approximate surface area is 322 Å². The number of alkyl halides is 2. The molecule has 4 aliphatic rings. The molecule has 54 heavy (non-hydrogen) atoms. The summed E-state index contributed by atoms with van der Waals surface area (Å²) in [5.74, 6) is 0.682. The molecule has 11 nitrogen and oxygen atoms in total. The second kappa shape index (κ2) is 15.1. The Morgan fingerprint density at radius 1 is 0.889 bits per heavy atom. The molecule has 3 N–H and O–H groups in total. The fourth-order valence-corrected chi connectivity index (χ4v) is 14.3. The van der Waals surface area contributed by atoms with Crippen LogP contribution in [0.2, 0.25) is 0 Å². The van der Waals surface area contributed by atoms with E-state index in [1.54, 1.807) is 3.57 Å². The van der Waals surface area contributed by atoms with Crippen LogP contribution in [0.25, 0.3) is 22.0 Å². The number of anilines is 4. The predicted molar refractivity (Wildman–Crippen MR) is 222 cm³/mol. The molecule has 0 aliphatic carbocycles. The SMILES string of the molecule is Cc1c(-c2ccc3cnc(Nc4ccc(I5CCC(N6CCN(c7ccc(C8CCC(=O)NC8=O)cc7)CC6)CC5)cc4)nc3c2)cnc2c1NCCO2. The zero-order chi connectivity index (χ0) is 36.6. The molecule has 3 saturated heterocycles. The van der Waals surface area contributed by atoms with Gasteiger partial charge in [-0.2, -0.15) is 0 Å². The van der Waals surface area contributed by atoms with E-state index in [2.05, 4.69) is 109 Å². The van der Waals surface area contributed by atoms with Crippen LogP contribution in [0, 0.1) is 10.5 Å². The normalized spacial score (nSPS) is 20.2. The van der Waals surface area contributed by atoms with E-state index in [1.165, 1.54) is 27.4 Å². The maximum atomic E-state index is 12.3. The number of carbonyl (C=O) groups excluding carboxylic acids is 2. The summed E-state index contributed by atoms with van der Waals surface area (Å²) in [7, 11) is 0. The van der Waals surface area contributed by atoms with Crippen LogP contribution in [0.15, 0.2) is 79.1 Å². The molecule has 0 spiro atoms. The van der Waals surface area contributed by atoms with Crippen LogP contribution in [-0.2, 0) is 9.59 Å². The number of rotatable bonds is 7. The number of ether oxygens (including phenoxy) is 1. The van der Waals surface area contributed by atoms with Gasteiger partial charge in [0.25, 0.3) is 0 Å². The number of halogens is 1. The zero-order valence-electron chi connectivity index (χ0n) is 30.5. The Morgan fingerprint density at radius 2 is 1.69 bits per heavy atom. The molecule has 3 aromatic carbocycles. The number of amides is 2. The van der Waals surface area contributed by atoms with E-state index in [4.69, 9.17) is 9.72 Å². The average molecular weight is 837 g/mol. The van der Waals surface area contributed by atoms with Crippen LogP contribution in [0.3, 0.4) is 0 Å². The Bertz CT molecular complexity index is 2180. The summed E-state index contributed by atoms with van der Waals surface area (Å²) >= 11 is -1.22. The Kier molecular flexibility index (Phi) is 9.79. The van der Waals surface area contributed by atoms with Gasteiger partial charge >= 0.3 is 238 Å². The number of hydrogen-bond acceptors (Lipinski definition) is 10. The third kappa shape index (κ3) is 7.20. The smallest absolute Gasteiger partial charge is 0.474 e. The first-order chi connectivity index (χ1) is 26.4. The molecule has 3 fully saturated rings. The van der Waals surface area contributed by atoms with Gasteiger partial charge < -0.3 is 10.1 Å². The van der Waals surface area contributed by atoms with E-state index in [0.717, 1.165) is 77.3 Å². The number of imide groups is 1. The molecule has 0 bridgehead atoms. The van der Waals surface area contributed by atoms with Crippen molar-refractivity contribution in [2.75, 3.05) is 63.7 Å². The minimum absolute atomic E-state index is 0.169. The Hall–Kier alpha value is -4.82. The molecule has 2 aromatic heterocycles. The molecule has 5 aromatic rings. The van der Waals surface area contributed by atoms with Gasteiger partial charge in [-0.15, -0.1) is 0 Å². The summed E-state index contributed by atoms with van der Waals surface area (Å²) in [4.78, 5) is 43.1. The van der Waals surface area contributed by atoms with Crippen molar-refractivity contribution in [3.05, 3.63) is 93.8 Å². The quantitative estimate of drug-likeness (QED) is 0.0925. The molecule has 0 radical (unpaired) electrons. The van der Waals surface area contributed by atoms with Crippen LogP contribution < -0.4 is 25.6 Å². The fraction of sp³-hybridized carbons (Fsp3) is 0.357. The van der Waals surface area contributed by atoms with Crippen molar-refractivity contribution in [1.82, 2.24) is 25.2 Å². The molecule has 1 unspecified atom stereocenters. The molecule has 4 aliphatic heterocycles. The molecule has 9 rings (SSSR count). The van der Waals surface area contributed by atoms with E-state index in [0.29, 0.717) is 37.3 Å². The number of pyridine rings is 1. The standard InChI is InChI=1S/C42H45IN8O3/c1-27-36(26-45-41-39(27)44-18-23-54-41)29-2-3-30-25-46-42(48-37(30)24-29)47-32-8-6-31(7-9-32)43-16-14-34(15-17-43)51-21-19-50(20-22-51)33-10-4-28(5-11-33)35-12-13-38(52)49-40(35)53/h2-11,24-26,34-35,44H,12-23H2,1H3,(H,46,47,48)(H,49,52,53). The van der Waals surface area contributed by atoms with Crippen molar-refractivity contribution < 1.29 is 14.3 Å². The number of piperazine rings is 1. The number of nitrogens with one attached hydrogen (secondary N) is 3. The van der Waals surface area contributed by atoms with Gasteiger partial charge in [0.15, 0.2) is 0 Å². The first-order valence-electron chi connectivity index (χ1n) is 19.0. The molecule has 12 heteroatoms. The van der Waals surface area contributed by atoms with E-state index in [-0.39, 0.29) is 17.7 Å². The minimum Gasteiger partial charge on any atom is -0.474 e. The number of benzene rings is 3. The minimum atomic E-state index is -1.22. The molecule has 6 heterocycles. The van der Waals surface area contributed by atoms with Crippen LogP contribution in [0.5, 0.6) is 5.88 Å². The van der Waals surface area contributed by atoms with E-state index >= 15 is 0 Å². The van der Waals surface area contributed by atoms with Crippen LogP contribution in [0.1, 0.15) is 42.7 Å². The van der Waals surface area contributed by atoms with Crippen LogP contribution in [0.4, 0.5) is 23.0 Å². The van der Waals surface area contributed by atoms with Gasteiger partial charge in [0.05, 0.1) is 0 Å². The predicted octanol–water partition coefficient (Wildman–Crippen LogP) is 6.73. The average Bonchev–Trinajstić information content (AvgIpc) is 3.21. The number of hydrogen-bond donors (Lipinski definition) is 3. The zero-order valence-corrected chi connectivity index (χ0v) is 32.6. The summed E-state index contributed by atoms with van der Waals surface area (Å²) in [6.07, 6.45) is 7.35. The van der Waals surface area contributed by atoms with Crippen molar-refractivity contribution in [3.63, 3.8) is 0 Å². The molecule has 1 atom stereocenters. The Morgan fingerprint density at radius 3 is 2.46 bits per heavy atom. The topological polar surface area (TPSA) is 125 Å². The van der Waals surface area contributed by atoms with Crippen LogP contribution in [-0.4, -0.2) is 85.9 Å². The summed E-state index contributed by atoms with van der Waals surface area (Å²) in [6, 6.07) is 24.4. The fourth-order valence-electron chi connectivity index (χ4n) is 8.22. The Balaban J connectivity index is 0.772. The number of fused-ring (bicyclic) bond motifs is 2. The second-order valence-corrected chi connectivity index (χ2v) is 20.5. The summed E-state index contributed by atoms with van der Waals surface area (Å²) < 4.78 is 10.0. The van der Waals surface area contributed by atoms with Gasteiger partial charge in [-0.1, -0.05) is 0 Å². The van der Waals surface area contributed by atoms with Gasteiger partial charge in [-0.3, -0.25) is 14.9 Å². The first-order valence-corrected chi connectivity index (χ1v) is 23.1. The van der Waals surface area contributed by atoms with Gasteiger partial charge in [-0.05, 0) is 13.3 Å². The first kappa shape index (κ1) is 34.9. The third-order valence-corrected chi connectivity index (χ3v) is 17.7. The van der Waals surface area contributed by atoms with Crippen molar-refractivity contribution in [1.29, 1.82) is 0 Å². The van der Waals surface area contributed by atoms with Crippen molar-refractivity contribution in [2.45, 2.75) is 44.6 Å². The third-order valence-electron chi connectivity index (χ3n) is 11.3. The van der Waals surface area contributed by atoms with E-state index < -0.39 is 19.8 Å². The second-order valence-electron chi connectivity index (χ2n) is 14.5. The van der Waals surface area contributed by atoms with Gasteiger partial charge in [0.2, 0.25) is 17.7 Å². The number of nitrogens with zero attached hydrogens (tertiary/aromatic N) is 5. The van der Waals surface area contributed by atoms with E-state index in [9.17, 15) is 9.59 Å². The molecular weight excluding hydrogens is 791 g/mol.